The Morgan fingerprint density at radius 1 is 0.955 bits per heavy atom. The molecule has 0 aliphatic heterocycles. The lowest BCUT2D eigenvalue weighted by Crippen LogP contribution is -2.55. The van der Waals surface area contributed by atoms with Gasteiger partial charge in [-0.3, -0.25) is 0 Å². The van der Waals surface area contributed by atoms with Gasteiger partial charge in [-0.2, -0.15) is 0 Å². The fourth-order valence-corrected chi connectivity index (χ4v) is 7.03. The quantitative estimate of drug-likeness (QED) is 0.666. The molecule has 0 aromatic heterocycles. The molecule has 4 rings (SSSR count). The molecule has 0 unspecified atom stereocenters. The van der Waals surface area contributed by atoms with Gasteiger partial charge in [0.2, 0.25) is 0 Å². The van der Waals surface area contributed by atoms with E-state index in [-0.39, 0.29) is 16.9 Å². The fraction of sp³-hybridized carbons (Fsp3) is 0.900. The Hall–Kier alpha value is -0.340. The van der Waals surface area contributed by atoms with Gasteiger partial charge in [0.05, 0.1) is 11.7 Å². The fourth-order valence-electron chi connectivity index (χ4n) is 7.03. The third kappa shape index (κ3) is 1.80. The highest BCUT2D eigenvalue weighted by atomic mass is 16.3. The first-order valence-electron chi connectivity index (χ1n) is 9.38. The minimum Gasteiger partial charge on any atom is -0.390 e. The van der Waals surface area contributed by atoms with Crippen molar-refractivity contribution in [2.45, 2.75) is 77.4 Å². The van der Waals surface area contributed by atoms with Gasteiger partial charge >= 0.3 is 0 Å². The molecule has 4 aliphatic rings. The molecule has 124 valence electrons. The van der Waals surface area contributed by atoms with E-state index in [0.29, 0.717) is 11.8 Å². The van der Waals surface area contributed by atoms with Gasteiger partial charge in [0, 0.05) is 0 Å². The van der Waals surface area contributed by atoms with Crippen molar-refractivity contribution >= 4 is 0 Å². The molecule has 0 saturated heterocycles. The van der Waals surface area contributed by atoms with Crippen LogP contribution in [-0.2, 0) is 0 Å². The molecule has 0 aromatic rings. The van der Waals surface area contributed by atoms with Crippen LogP contribution in [0.15, 0.2) is 12.2 Å². The van der Waals surface area contributed by atoms with Crippen molar-refractivity contribution in [3.05, 3.63) is 12.2 Å². The summed E-state index contributed by atoms with van der Waals surface area (Å²) in [6.07, 6.45) is 12.3. The van der Waals surface area contributed by atoms with Gasteiger partial charge in [-0.1, -0.05) is 26.0 Å². The molecule has 8 atom stereocenters. The molecular formula is C20H32O2. The second kappa shape index (κ2) is 4.60. The number of hydrogen-bond acceptors (Lipinski definition) is 2. The lowest BCUT2D eigenvalue weighted by atomic mass is 9.45. The second-order valence-corrected chi connectivity index (χ2v) is 9.45. The Labute approximate surface area is 135 Å². The molecule has 4 aliphatic carbocycles. The summed E-state index contributed by atoms with van der Waals surface area (Å²) in [5.41, 5.74) is -0.0772. The van der Waals surface area contributed by atoms with Gasteiger partial charge in [0.15, 0.2) is 0 Å². The third-order valence-electron chi connectivity index (χ3n) is 8.73. The van der Waals surface area contributed by atoms with Crippen molar-refractivity contribution < 1.29 is 10.2 Å². The van der Waals surface area contributed by atoms with Crippen LogP contribution in [0.2, 0.25) is 0 Å². The lowest BCUT2D eigenvalue weighted by Gasteiger charge is -2.60. The van der Waals surface area contributed by atoms with Crippen LogP contribution in [-0.4, -0.2) is 21.9 Å². The highest BCUT2D eigenvalue weighted by Crippen LogP contribution is 2.67. The van der Waals surface area contributed by atoms with Gasteiger partial charge in [-0.05, 0) is 86.4 Å². The number of rotatable bonds is 0. The standard InChI is InChI=1S/C20H32O2/c1-18-9-6-14(21)12-13(18)4-5-15-16(18)7-10-19(2)17(15)8-11-20(19,3)22/h6,9,13-17,21-22H,4-5,7-8,10-12H2,1-3H3/t13-,14-,15+,16-,17-,18-,19-,20-/m0/s1. The summed E-state index contributed by atoms with van der Waals surface area (Å²) in [5, 5.41) is 20.9. The summed E-state index contributed by atoms with van der Waals surface area (Å²) in [6, 6.07) is 0. The van der Waals surface area contributed by atoms with Gasteiger partial charge in [-0.15, -0.1) is 0 Å². The minimum absolute atomic E-state index is 0.120. The molecule has 2 N–H and O–H groups in total. The first kappa shape index (κ1) is 15.2. The predicted octanol–water partition coefficient (Wildman–Crippen LogP) is 3.92. The van der Waals surface area contributed by atoms with E-state index in [2.05, 4.69) is 32.9 Å². The Bertz CT molecular complexity index is 496. The monoisotopic (exact) mass is 304 g/mol. The van der Waals surface area contributed by atoms with E-state index >= 15 is 0 Å². The maximum atomic E-state index is 10.9. The van der Waals surface area contributed by atoms with E-state index in [1.54, 1.807) is 0 Å². The maximum Gasteiger partial charge on any atom is 0.0724 e. The SMILES string of the molecule is C[C@]12C=C[C@H](O)C[C@@H]1CC[C@@H]1[C@@H]2CC[C@@]2(C)[C@H]1CC[C@]2(C)O. The van der Waals surface area contributed by atoms with Crippen LogP contribution in [0, 0.1) is 34.5 Å². The van der Waals surface area contributed by atoms with Crippen LogP contribution in [0.5, 0.6) is 0 Å². The van der Waals surface area contributed by atoms with Crippen LogP contribution in [0.4, 0.5) is 0 Å². The average Bonchev–Trinajstić information content (AvgIpc) is 2.70. The summed E-state index contributed by atoms with van der Waals surface area (Å²) < 4.78 is 0. The predicted molar refractivity (Wildman–Crippen MR) is 88.3 cm³/mol. The van der Waals surface area contributed by atoms with Crippen LogP contribution < -0.4 is 0 Å². The molecule has 0 aromatic carbocycles. The van der Waals surface area contributed by atoms with Gasteiger partial charge in [-0.25, -0.2) is 0 Å². The first-order valence-corrected chi connectivity index (χ1v) is 9.38. The van der Waals surface area contributed by atoms with Crippen molar-refractivity contribution in [2.75, 3.05) is 0 Å². The Kier molecular flexibility index (Phi) is 3.18. The Morgan fingerprint density at radius 3 is 2.45 bits per heavy atom. The number of aliphatic hydroxyl groups is 2. The third-order valence-corrected chi connectivity index (χ3v) is 8.73. The van der Waals surface area contributed by atoms with Crippen LogP contribution in [0.3, 0.4) is 0 Å². The zero-order chi connectivity index (χ0) is 15.8. The number of allylic oxidation sites excluding steroid dienone is 1. The van der Waals surface area contributed by atoms with Crippen molar-refractivity contribution in [1.82, 2.24) is 0 Å². The van der Waals surface area contributed by atoms with Crippen molar-refractivity contribution in [3.63, 3.8) is 0 Å². The van der Waals surface area contributed by atoms with Crippen LogP contribution in [0.25, 0.3) is 0 Å². The lowest BCUT2D eigenvalue weighted by molar-refractivity contribution is -0.131. The molecule has 22 heavy (non-hydrogen) atoms. The van der Waals surface area contributed by atoms with E-state index in [9.17, 15) is 10.2 Å². The van der Waals surface area contributed by atoms with Gasteiger partial charge in [0.1, 0.15) is 0 Å². The molecule has 2 nitrogen and oxygen atoms in total. The molecule has 3 saturated carbocycles. The normalized spacial score (nSPS) is 60.5. The Balaban J connectivity index is 1.68. The van der Waals surface area contributed by atoms with Crippen molar-refractivity contribution in [2.24, 2.45) is 34.5 Å². The van der Waals surface area contributed by atoms with E-state index in [1.807, 2.05) is 0 Å². The van der Waals surface area contributed by atoms with E-state index in [0.717, 1.165) is 24.7 Å². The topological polar surface area (TPSA) is 40.5 Å². The zero-order valence-corrected chi connectivity index (χ0v) is 14.4. The summed E-state index contributed by atoms with van der Waals surface area (Å²) in [6.45, 7) is 6.89. The van der Waals surface area contributed by atoms with Gasteiger partial charge < -0.3 is 10.2 Å². The summed E-state index contributed by atoms with van der Waals surface area (Å²) in [5.74, 6) is 2.87. The number of aliphatic hydroxyl groups excluding tert-OH is 1. The van der Waals surface area contributed by atoms with Crippen LogP contribution in [0.1, 0.15) is 65.7 Å². The molecule has 0 radical (unpaired) electrons. The average molecular weight is 304 g/mol. The largest absolute Gasteiger partial charge is 0.390 e. The van der Waals surface area contributed by atoms with E-state index in [4.69, 9.17) is 0 Å². The van der Waals surface area contributed by atoms with Crippen molar-refractivity contribution in [1.29, 1.82) is 0 Å². The molecule has 3 fully saturated rings. The number of hydrogen-bond donors (Lipinski definition) is 2. The zero-order valence-electron chi connectivity index (χ0n) is 14.4. The molecule has 0 heterocycles. The molecule has 0 spiro atoms. The minimum atomic E-state index is -0.473. The molecule has 0 bridgehead atoms. The summed E-state index contributed by atoms with van der Waals surface area (Å²) in [7, 11) is 0. The summed E-state index contributed by atoms with van der Waals surface area (Å²) >= 11 is 0. The van der Waals surface area contributed by atoms with Crippen LogP contribution >= 0.6 is 0 Å². The second-order valence-electron chi connectivity index (χ2n) is 9.45. The maximum absolute atomic E-state index is 10.9. The highest BCUT2D eigenvalue weighted by molar-refractivity contribution is 5.18. The smallest absolute Gasteiger partial charge is 0.0724 e. The highest BCUT2D eigenvalue weighted by Gasteiger charge is 2.62. The molecule has 2 heteroatoms. The molecular weight excluding hydrogens is 272 g/mol. The van der Waals surface area contributed by atoms with E-state index < -0.39 is 5.60 Å². The van der Waals surface area contributed by atoms with Gasteiger partial charge in [0.25, 0.3) is 0 Å². The van der Waals surface area contributed by atoms with E-state index in [1.165, 1.54) is 32.1 Å². The first-order chi connectivity index (χ1) is 10.3. The molecule has 0 amide bonds. The Morgan fingerprint density at radius 2 is 1.68 bits per heavy atom. The summed E-state index contributed by atoms with van der Waals surface area (Å²) in [4.78, 5) is 0. The van der Waals surface area contributed by atoms with Crippen molar-refractivity contribution in [3.8, 4) is 0 Å². The number of fused-ring (bicyclic) bond motifs is 5.